The lowest BCUT2D eigenvalue weighted by molar-refractivity contribution is -0.132. The normalized spacial score (nSPS) is 11.8. The fourth-order valence-corrected chi connectivity index (χ4v) is 4.44. The monoisotopic (exact) mass is 485 g/mol. The van der Waals surface area contributed by atoms with Gasteiger partial charge in [-0.25, -0.2) is 0 Å². The number of carbonyl (C=O) groups is 1. The number of aromatic nitrogens is 3. The number of nitrogens with zero attached hydrogens (tertiary/aromatic N) is 3. The van der Waals surface area contributed by atoms with Gasteiger partial charge in [-0.1, -0.05) is 35.6 Å². The number of ether oxygens (including phenoxy) is 2. The molecule has 0 fully saturated rings. The first kappa shape index (κ1) is 20.2. The maximum Gasteiger partial charge on any atom is 0.308 e. The van der Waals surface area contributed by atoms with Crippen molar-refractivity contribution < 1.29 is 14.3 Å². The zero-order valence-electron chi connectivity index (χ0n) is 16.3. The summed E-state index contributed by atoms with van der Waals surface area (Å²) >= 11 is 4.64. The van der Waals surface area contributed by atoms with Crippen LogP contribution in [0.1, 0.15) is 18.1 Å². The van der Waals surface area contributed by atoms with Gasteiger partial charge >= 0.3 is 5.97 Å². The molecular formula is C21H16BrN3O4S. The fourth-order valence-electron chi connectivity index (χ4n) is 2.99. The molecular weight excluding hydrogens is 470 g/mol. The van der Waals surface area contributed by atoms with Crippen molar-refractivity contribution in [3.8, 4) is 22.9 Å². The number of fused-ring (bicyclic) bond motifs is 1. The van der Waals surface area contributed by atoms with E-state index in [1.165, 1.54) is 29.9 Å². The minimum Gasteiger partial charge on any atom is -0.493 e. The Labute approximate surface area is 183 Å². The topological polar surface area (TPSA) is 82.8 Å². The van der Waals surface area contributed by atoms with E-state index >= 15 is 0 Å². The Morgan fingerprint density at radius 3 is 2.70 bits per heavy atom. The molecule has 0 saturated carbocycles. The van der Waals surface area contributed by atoms with E-state index in [0.29, 0.717) is 31.1 Å². The number of halogens is 1. The van der Waals surface area contributed by atoms with Gasteiger partial charge < -0.3 is 9.47 Å². The fraction of sp³-hybridized carbons (Fsp3) is 0.143. The van der Waals surface area contributed by atoms with Gasteiger partial charge in [-0.05, 0) is 52.2 Å². The molecule has 2 aromatic carbocycles. The number of esters is 1. The van der Waals surface area contributed by atoms with Crippen molar-refractivity contribution >= 4 is 44.3 Å². The third-order valence-electron chi connectivity index (χ3n) is 4.36. The molecule has 0 aliphatic rings. The maximum atomic E-state index is 12.8. The van der Waals surface area contributed by atoms with Gasteiger partial charge in [-0.2, -0.15) is 9.50 Å². The molecule has 2 aromatic heterocycles. The molecule has 0 amide bonds. The first-order valence-electron chi connectivity index (χ1n) is 8.90. The molecule has 0 unspecified atom stereocenters. The number of thiazole rings is 1. The average Bonchev–Trinajstić information content (AvgIpc) is 3.23. The van der Waals surface area contributed by atoms with Crippen molar-refractivity contribution in [2.45, 2.75) is 13.8 Å². The number of methoxy groups -OCH3 is 1. The summed E-state index contributed by atoms with van der Waals surface area (Å²) in [7, 11) is 1.48. The van der Waals surface area contributed by atoms with Crippen LogP contribution in [0.5, 0.6) is 11.5 Å². The van der Waals surface area contributed by atoms with Crippen LogP contribution in [-0.2, 0) is 4.79 Å². The van der Waals surface area contributed by atoms with Gasteiger partial charge in [0.2, 0.25) is 4.96 Å². The first-order chi connectivity index (χ1) is 14.4. The van der Waals surface area contributed by atoms with Crippen molar-refractivity contribution in [1.29, 1.82) is 0 Å². The van der Waals surface area contributed by atoms with Crippen LogP contribution in [0.25, 0.3) is 22.4 Å². The first-order valence-corrected chi connectivity index (χ1v) is 10.5. The van der Waals surface area contributed by atoms with Crippen LogP contribution in [0.3, 0.4) is 0 Å². The number of benzene rings is 2. The quantitative estimate of drug-likeness (QED) is 0.325. The number of hydrogen-bond donors (Lipinski definition) is 0. The van der Waals surface area contributed by atoms with E-state index < -0.39 is 5.97 Å². The highest BCUT2D eigenvalue weighted by atomic mass is 79.9. The summed E-state index contributed by atoms with van der Waals surface area (Å²) in [5.41, 5.74) is 2.39. The summed E-state index contributed by atoms with van der Waals surface area (Å²) in [6.07, 6.45) is 1.72. The third kappa shape index (κ3) is 3.73. The highest BCUT2D eigenvalue weighted by Gasteiger charge is 2.15. The van der Waals surface area contributed by atoms with Gasteiger partial charge in [-0.15, -0.1) is 5.10 Å². The second kappa shape index (κ2) is 8.00. The Bertz CT molecular complexity index is 1390. The van der Waals surface area contributed by atoms with E-state index in [1.807, 2.05) is 31.2 Å². The molecule has 0 aliphatic heterocycles. The van der Waals surface area contributed by atoms with Crippen molar-refractivity contribution in [2.75, 3.05) is 7.11 Å². The Morgan fingerprint density at radius 1 is 1.27 bits per heavy atom. The molecule has 0 saturated heterocycles. The lowest BCUT2D eigenvalue weighted by Crippen LogP contribution is -2.23. The zero-order chi connectivity index (χ0) is 21.4. The van der Waals surface area contributed by atoms with Crippen LogP contribution in [0.15, 0.2) is 45.7 Å². The van der Waals surface area contributed by atoms with E-state index in [1.54, 1.807) is 18.2 Å². The van der Waals surface area contributed by atoms with Gasteiger partial charge in [0.1, 0.15) is 0 Å². The maximum absolute atomic E-state index is 12.8. The SMILES string of the molecule is COc1cc(/C=c2/sc3nc(-c4ccccc4C)nn3c2=O)cc(Br)c1OC(C)=O. The van der Waals surface area contributed by atoms with Crippen LogP contribution in [0, 0.1) is 6.92 Å². The van der Waals surface area contributed by atoms with Crippen molar-refractivity contribution in [2.24, 2.45) is 0 Å². The van der Waals surface area contributed by atoms with E-state index in [0.717, 1.165) is 11.1 Å². The Kier molecular flexibility index (Phi) is 5.40. The standard InChI is InChI=1S/C21H16BrN3O4S/c1-11-6-4-5-7-14(11)19-23-21-25(24-19)20(27)17(30-21)10-13-8-15(22)18(29-12(2)26)16(9-13)28-3/h4-10H,1-3H3/b17-10+. The largest absolute Gasteiger partial charge is 0.493 e. The lowest BCUT2D eigenvalue weighted by atomic mass is 10.1. The molecule has 7 nitrogen and oxygen atoms in total. The molecule has 2 heterocycles. The number of hydrogen-bond acceptors (Lipinski definition) is 7. The molecule has 0 spiro atoms. The molecule has 0 atom stereocenters. The molecule has 4 rings (SSSR count). The predicted molar refractivity (Wildman–Crippen MR) is 118 cm³/mol. The highest BCUT2D eigenvalue weighted by molar-refractivity contribution is 9.10. The lowest BCUT2D eigenvalue weighted by Gasteiger charge is -2.10. The van der Waals surface area contributed by atoms with Crippen LogP contribution in [0.4, 0.5) is 0 Å². The molecule has 0 radical (unpaired) electrons. The summed E-state index contributed by atoms with van der Waals surface area (Å²) in [6, 6.07) is 11.2. The second-order valence-electron chi connectivity index (χ2n) is 6.49. The molecule has 4 aromatic rings. The van der Waals surface area contributed by atoms with Gasteiger partial charge in [0.15, 0.2) is 17.3 Å². The third-order valence-corrected chi connectivity index (χ3v) is 5.91. The van der Waals surface area contributed by atoms with E-state index in [2.05, 4.69) is 26.0 Å². The number of rotatable bonds is 4. The van der Waals surface area contributed by atoms with Gasteiger partial charge in [0.05, 0.1) is 16.1 Å². The van der Waals surface area contributed by atoms with E-state index in [9.17, 15) is 9.59 Å². The molecule has 0 N–H and O–H groups in total. The minimum atomic E-state index is -0.456. The predicted octanol–water partition coefficient (Wildman–Crippen LogP) is 3.37. The number of aryl methyl sites for hydroxylation is 1. The minimum absolute atomic E-state index is 0.249. The van der Waals surface area contributed by atoms with E-state index in [-0.39, 0.29) is 11.3 Å². The van der Waals surface area contributed by atoms with Gasteiger partial charge in [0.25, 0.3) is 5.56 Å². The highest BCUT2D eigenvalue weighted by Crippen LogP contribution is 2.37. The summed E-state index contributed by atoms with van der Waals surface area (Å²) in [6.45, 7) is 3.29. The van der Waals surface area contributed by atoms with Crippen LogP contribution < -0.4 is 19.6 Å². The van der Waals surface area contributed by atoms with Crippen molar-refractivity contribution in [3.63, 3.8) is 0 Å². The van der Waals surface area contributed by atoms with Crippen molar-refractivity contribution in [1.82, 2.24) is 14.6 Å². The smallest absolute Gasteiger partial charge is 0.308 e. The van der Waals surface area contributed by atoms with Gasteiger partial charge in [0, 0.05) is 12.5 Å². The van der Waals surface area contributed by atoms with Crippen LogP contribution in [0.2, 0.25) is 0 Å². The van der Waals surface area contributed by atoms with Crippen molar-refractivity contribution in [3.05, 3.63) is 66.9 Å². The van der Waals surface area contributed by atoms with Crippen LogP contribution in [-0.4, -0.2) is 27.7 Å². The molecule has 30 heavy (non-hydrogen) atoms. The summed E-state index contributed by atoms with van der Waals surface area (Å²) < 4.78 is 12.9. The van der Waals surface area contributed by atoms with Crippen LogP contribution >= 0.6 is 27.3 Å². The molecule has 0 aliphatic carbocycles. The van der Waals surface area contributed by atoms with E-state index in [4.69, 9.17) is 9.47 Å². The molecule has 152 valence electrons. The van der Waals surface area contributed by atoms with Gasteiger partial charge in [-0.3, -0.25) is 9.59 Å². The number of carbonyl (C=O) groups excluding carboxylic acids is 1. The summed E-state index contributed by atoms with van der Waals surface area (Å²) in [5, 5.41) is 4.40. The Balaban J connectivity index is 1.79. The molecule has 9 heteroatoms. The second-order valence-corrected chi connectivity index (χ2v) is 8.35. The zero-order valence-corrected chi connectivity index (χ0v) is 18.7. The average molecular weight is 486 g/mol. The molecule has 0 bridgehead atoms. The summed E-state index contributed by atoms with van der Waals surface area (Å²) in [4.78, 5) is 29.2. The Morgan fingerprint density at radius 2 is 2.03 bits per heavy atom. The Hall–Kier alpha value is -3.04. The summed E-state index contributed by atoms with van der Waals surface area (Å²) in [5.74, 6) is 0.732.